The van der Waals surface area contributed by atoms with Crippen molar-refractivity contribution < 1.29 is 19.1 Å². The van der Waals surface area contributed by atoms with Crippen molar-refractivity contribution in [3.8, 4) is 0 Å². The monoisotopic (exact) mass is 392 g/mol. The first kappa shape index (κ1) is 21.3. The lowest BCUT2D eigenvalue weighted by Gasteiger charge is -2.29. The molecule has 1 heterocycles. The predicted molar refractivity (Wildman–Crippen MR) is 106 cm³/mol. The second-order valence-corrected chi connectivity index (χ2v) is 7.90. The van der Waals surface area contributed by atoms with E-state index in [0.29, 0.717) is 32.1 Å². The Kier molecular flexibility index (Phi) is 8.16. The van der Waals surface area contributed by atoms with Crippen LogP contribution in [0.15, 0.2) is 30.3 Å². The third-order valence-electron chi connectivity index (χ3n) is 4.88. The maximum absolute atomic E-state index is 12.4. The maximum Gasteiger partial charge on any atom is 0.328 e. The minimum Gasteiger partial charge on any atom is -0.467 e. The van der Waals surface area contributed by atoms with Crippen molar-refractivity contribution >= 4 is 29.5 Å². The van der Waals surface area contributed by atoms with Crippen molar-refractivity contribution in [1.82, 2.24) is 10.6 Å². The molecule has 6 nitrogen and oxygen atoms in total. The average molecular weight is 393 g/mol. The van der Waals surface area contributed by atoms with Gasteiger partial charge in [-0.3, -0.25) is 9.59 Å². The van der Waals surface area contributed by atoms with Crippen LogP contribution < -0.4 is 10.6 Å². The third kappa shape index (κ3) is 6.57. The van der Waals surface area contributed by atoms with Gasteiger partial charge < -0.3 is 15.4 Å². The van der Waals surface area contributed by atoms with E-state index in [9.17, 15) is 14.4 Å². The second-order valence-electron chi connectivity index (χ2n) is 6.92. The highest BCUT2D eigenvalue weighted by molar-refractivity contribution is 7.98. The Morgan fingerprint density at radius 3 is 2.67 bits per heavy atom. The van der Waals surface area contributed by atoms with Crippen molar-refractivity contribution in [2.24, 2.45) is 0 Å². The maximum atomic E-state index is 12.4. The summed E-state index contributed by atoms with van der Waals surface area (Å²) in [5.74, 6) is 0.165. The van der Waals surface area contributed by atoms with Crippen LogP contribution in [0.3, 0.4) is 0 Å². The molecule has 0 bridgehead atoms. The normalized spacial score (nSPS) is 20.0. The predicted octanol–water partition coefficient (Wildman–Crippen LogP) is 2.07. The molecule has 1 aromatic carbocycles. The molecule has 2 rings (SSSR count). The number of benzene rings is 1. The van der Waals surface area contributed by atoms with E-state index in [4.69, 9.17) is 4.74 Å². The van der Waals surface area contributed by atoms with Crippen LogP contribution in [0.5, 0.6) is 0 Å². The summed E-state index contributed by atoms with van der Waals surface area (Å²) in [7, 11) is 1.32. The first-order chi connectivity index (χ1) is 13.0. The molecule has 0 spiro atoms. The molecule has 1 aliphatic rings. The van der Waals surface area contributed by atoms with E-state index < -0.39 is 17.6 Å². The minimum absolute atomic E-state index is 0.0266. The lowest BCUT2D eigenvalue weighted by atomic mass is 9.85. The van der Waals surface area contributed by atoms with Gasteiger partial charge >= 0.3 is 5.97 Å². The standard InChI is InChI=1S/C20H28N2O4S/c1-26-19(25)16(10-13-27-2)21-17(23)8-11-20(12-9-18(24)22-20)14-15-6-4-3-5-7-15/h3-7,16H,8-14H2,1-2H3,(H,21,23)(H,22,24)/t16-,20-/m0/s1. The fourth-order valence-electron chi connectivity index (χ4n) is 3.41. The minimum atomic E-state index is -0.627. The molecule has 148 valence electrons. The molecule has 2 atom stereocenters. The molecule has 1 fully saturated rings. The largest absolute Gasteiger partial charge is 0.467 e. The van der Waals surface area contributed by atoms with Crippen LogP contribution in [-0.4, -0.2) is 48.5 Å². The Morgan fingerprint density at radius 2 is 2.07 bits per heavy atom. The highest BCUT2D eigenvalue weighted by atomic mass is 32.2. The molecule has 0 unspecified atom stereocenters. The van der Waals surface area contributed by atoms with Gasteiger partial charge in [-0.05, 0) is 43.3 Å². The fourth-order valence-corrected chi connectivity index (χ4v) is 3.89. The zero-order valence-electron chi connectivity index (χ0n) is 16.0. The van der Waals surface area contributed by atoms with Gasteiger partial charge in [-0.1, -0.05) is 30.3 Å². The second kappa shape index (κ2) is 10.3. The summed E-state index contributed by atoms with van der Waals surface area (Å²) < 4.78 is 4.78. The molecule has 2 amide bonds. The van der Waals surface area contributed by atoms with E-state index in [1.165, 1.54) is 7.11 Å². The lowest BCUT2D eigenvalue weighted by Crippen LogP contribution is -2.46. The number of hydrogen-bond acceptors (Lipinski definition) is 5. The summed E-state index contributed by atoms with van der Waals surface area (Å²) in [6.45, 7) is 0. The number of ether oxygens (including phenoxy) is 1. The third-order valence-corrected chi connectivity index (χ3v) is 5.53. The molecule has 1 aromatic rings. The molecule has 0 aliphatic carbocycles. The van der Waals surface area contributed by atoms with Crippen molar-refractivity contribution in [2.75, 3.05) is 19.1 Å². The number of amides is 2. The summed E-state index contributed by atoms with van der Waals surface area (Å²) in [5, 5.41) is 5.86. The summed E-state index contributed by atoms with van der Waals surface area (Å²) in [6.07, 6.45) is 5.15. The molecule has 27 heavy (non-hydrogen) atoms. The van der Waals surface area contributed by atoms with Gasteiger partial charge in [0.05, 0.1) is 7.11 Å². The van der Waals surface area contributed by atoms with E-state index in [1.807, 2.05) is 36.6 Å². The number of hydrogen-bond donors (Lipinski definition) is 2. The van der Waals surface area contributed by atoms with Crippen LogP contribution in [0.25, 0.3) is 0 Å². The number of thioether (sulfide) groups is 1. The van der Waals surface area contributed by atoms with Gasteiger partial charge in [0.25, 0.3) is 0 Å². The van der Waals surface area contributed by atoms with Gasteiger partial charge in [0, 0.05) is 18.4 Å². The van der Waals surface area contributed by atoms with E-state index in [2.05, 4.69) is 10.6 Å². The molecule has 2 N–H and O–H groups in total. The quantitative estimate of drug-likeness (QED) is 0.596. The average Bonchev–Trinajstić information content (AvgIpc) is 3.04. The van der Waals surface area contributed by atoms with Gasteiger partial charge in [-0.15, -0.1) is 0 Å². The molecule has 7 heteroatoms. The van der Waals surface area contributed by atoms with Crippen molar-refractivity contribution in [1.29, 1.82) is 0 Å². The molecule has 0 aromatic heterocycles. The zero-order valence-corrected chi connectivity index (χ0v) is 16.8. The van der Waals surface area contributed by atoms with Crippen LogP contribution in [-0.2, 0) is 25.5 Å². The zero-order chi connectivity index (χ0) is 19.7. The van der Waals surface area contributed by atoms with Gasteiger partial charge in [0.1, 0.15) is 6.04 Å². The number of carbonyl (C=O) groups excluding carboxylic acids is 3. The van der Waals surface area contributed by atoms with Crippen LogP contribution in [0, 0.1) is 0 Å². The molecular formula is C20H28N2O4S. The Balaban J connectivity index is 1.96. The van der Waals surface area contributed by atoms with E-state index in [0.717, 1.165) is 11.3 Å². The van der Waals surface area contributed by atoms with Crippen molar-refractivity contribution in [3.63, 3.8) is 0 Å². The van der Waals surface area contributed by atoms with Crippen LogP contribution in [0.2, 0.25) is 0 Å². The topological polar surface area (TPSA) is 84.5 Å². The van der Waals surface area contributed by atoms with Gasteiger partial charge in [0.15, 0.2) is 0 Å². The Labute approximate surface area is 164 Å². The number of nitrogens with one attached hydrogen (secondary N) is 2. The number of carbonyl (C=O) groups is 3. The fraction of sp³-hybridized carbons (Fsp3) is 0.550. The first-order valence-electron chi connectivity index (χ1n) is 9.19. The summed E-state index contributed by atoms with van der Waals surface area (Å²) in [5.41, 5.74) is 0.725. The van der Waals surface area contributed by atoms with Crippen molar-refractivity contribution in [2.45, 2.75) is 50.1 Å². The summed E-state index contributed by atoms with van der Waals surface area (Å²) in [4.78, 5) is 36.1. The number of rotatable bonds is 10. The van der Waals surface area contributed by atoms with Crippen molar-refractivity contribution in [3.05, 3.63) is 35.9 Å². The molecular weight excluding hydrogens is 364 g/mol. The SMILES string of the molecule is COC(=O)[C@H](CCSC)NC(=O)CC[C@@]1(Cc2ccccc2)CCC(=O)N1. The van der Waals surface area contributed by atoms with Crippen LogP contribution >= 0.6 is 11.8 Å². The summed E-state index contributed by atoms with van der Waals surface area (Å²) >= 11 is 1.61. The number of esters is 1. The van der Waals surface area contributed by atoms with Crippen LogP contribution in [0.1, 0.15) is 37.7 Å². The smallest absolute Gasteiger partial charge is 0.328 e. The van der Waals surface area contributed by atoms with Gasteiger partial charge in [-0.25, -0.2) is 4.79 Å². The molecule has 0 radical (unpaired) electrons. The first-order valence-corrected chi connectivity index (χ1v) is 10.6. The highest BCUT2D eigenvalue weighted by Crippen LogP contribution is 2.29. The van der Waals surface area contributed by atoms with Crippen LogP contribution in [0.4, 0.5) is 0 Å². The Morgan fingerprint density at radius 1 is 1.33 bits per heavy atom. The van der Waals surface area contributed by atoms with Gasteiger partial charge in [-0.2, -0.15) is 11.8 Å². The molecule has 1 saturated heterocycles. The Bertz CT molecular complexity index is 653. The molecule has 0 saturated carbocycles. The highest BCUT2D eigenvalue weighted by Gasteiger charge is 2.38. The molecule has 1 aliphatic heterocycles. The van der Waals surface area contributed by atoms with Gasteiger partial charge in [0.2, 0.25) is 11.8 Å². The van der Waals surface area contributed by atoms with E-state index >= 15 is 0 Å². The Hall–Kier alpha value is -2.02. The van der Waals surface area contributed by atoms with E-state index in [-0.39, 0.29) is 18.2 Å². The van der Waals surface area contributed by atoms with E-state index in [1.54, 1.807) is 11.8 Å². The number of methoxy groups -OCH3 is 1. The lowest BCUT2D eigenvalue weighted by molar-refractivity contribution is -0.145. The summed E-state index contributed by atoms with van der Waals surface area (Å²) in [6, 6.07) is 9.33.